The van der Waals surface area contributed by atoms with Crippen LogP contribution in [0.2, 0.25) is 0 Å². The Morgan fingerprint density at radius 3 is 2.15 bits per heavy atom. The van der Waals surface area contributed by atoms with E-state index in [2.05, 4.69) is 224 Å². The minimum Gasteiger partial charge on any atom is -0.363 e. The van der Waals surface area contributed by atoms with Crippen LogP contribution < -0.4 is 5.32 Å². The van der Waals surface area contributed by atoms with Crippen molar-refractivity contribution in [3.8, 4) is 11.1 Å². The van der Waals surface area contributed by atoms with Crippen molar-refractivity contribution in [2.24, 2.45) is 5.92 Å². The molecule has 1 heterocycles. The Balaban J connectivity index is 1.09. The van der Waals surface area contributed by atoms with Crippen LogP contribution in [0.5, 0.6) is 0 Å². The fourth-order valence-electron chi connectivity index (χ4n) is 10.6. The van der Waals surface area contributed by atoms with Crippen molar-refractivity contribution in [1.82, 2.24) is 10.2 Å². The van der Waals surface area contributed by atoms with Gasteiger partial charge in [0.2, 0.25) is 0 Å². The molecular formula is C60H52N2. The Kier molecular flexibility index (Phi) is 9.73. The van der Waals surface area contributed by atoms with E-state index in [-0.39, 0.29) is 11.6 Å². The third kappa shape index (κ3) is 6.57. The maximum atomic E-state index is 3.93. The highest BCUT2D eigenvalue weighted by atomic mass is 15.3. The van der Waals surface area contributed by atoms with Gasteiger partial charge in [0, 0.05) is 23.2 Å². The summed E-state index contributed by atoms with van der Waals surface area (Å²) < 4.78 is 0. The SMILES string of the molecule is CC1C=C(c2ccccc2)C(c2c3ccccc3c(C3=CC=CCC3(C)c3ccccc3)c3cc(-c4ccc(C5NC6=C(C=CC=CC6)N5C5=CC=CCC5)cc4)ccc23)=CC1. The molecular weight excluding hydrogens is 749 g/mol. The molecule has 62 heavy (non-hydrogen) atoms. The summed E-state index contributed by atoms with van der Waals surface area (Å²) in [7, 11) is 0. The van der Waals surface area contributed by atoms with Crippen molar-refractivity contribution in [3.05, 3.63) is 245 Å². The molecule has 11 rings (SSSR count). The summed E-state index contributed by atoms with van der Waals surface area (Å²) in [5, 5.41) is 9.12. The molecule has 0 radical (unpaired) electrons. The molecule has 302 valence electrons. The average molecular weight is 801 g/mol. The van der Waals surface area contributed by atoms with Crippen LogP contribution in [0.1, 0.15) is 79.9 Å². The molecule has 1 aliphatic heterocycles. The molecule has 0 saturated carbocycles. The van der Waals surface area contributed by atoms with Crippen LogP contribution in [0.4, 0.5) is 0 Å². The highest BCUT2D eigenvalue weighted by molar-refractivity contribution is 6.23. The molecule has 3 unspecified atom stereocenters. The van der Waals surface area contributed by atoms with Gasteiger partial charge >= 0.3 is 0 Å². The van der Waals surface area contributed by atoms with Gasteiger partial charge in [0.25, 0.3) is 0 Å². The second kappa shape index (κ2) is 15.9. The smallest absolute Gasteiger partial charge is 0.130 e. The highest BCUT2D eigenvalue weighted by Crippen LogP contribution is 2.52. The second-order valence-corrected chi connectivity index (χ2v) is 17.8. The zero-order chi connectivity index (χ0) is 41.6. The number of nitrogens with zero attached hydrogens (tertiary/aromatic N) is 1. The number of hydrogen-bond donors (Lipinski definition) is 1. The molecule has 2 heteroatoms. The summed E-state index contributed by atoms with van der Waals surface area (Å²) in [4.78, 5) is 2.53. The molecule has 2 nitrogen and oxygen atoms in total. The van der Waals surface area contributed by atoms with Gasteiger partial charge in [-0.2, -0.15) is 0 Å². The van der Waals surface area contributed by atoms with Gasteiger partial charge in [0.15, 0.2) is 0 Å². The predicted molar refractivity (Wildman–Crippen MR) is 263 cm³/mol. The zero-order valence-electron chi connectivity index (χ0n) is 35.7. The molecule has 5 aliphatic rings. The van der Waals surface area contributed by atoms with E-state index in [1.54, 1.807) is 0 Å². The lowest BCUT2D eigenvalue weighted by Crippen LogP contribution is -2.29. The van der Waals surface area contributed by atoms with E-state index < -0.39 is 0 Å². The Hall–Kier alpha value is -6.90. The second-order valence-electron chi connectivity index (χ2n) is 17.8. The van der Waals surface area contributed by atoms with Crippen molar-refractivity contribution in [1.29, 1.82) is 0 Å². The summed E-state index contributed by atoms with van der Waals surface area (Å²) in [5.41, 5.74) is 16.7. The molecule has 4 aliphatic carbocycles. The van der Waals surface area contributed by atoms with Gasteiger partial charge in [-0.1, -0.05) is 196 Å². The first-order valence-electron chi connectivity index (χ1n) is 22.5. The topological polar surface area (TPSA) is 15.3 Å². The Labute approximate surface area is 366 Å². The normalized spacial score (nSPS) is 21.9. The van der Waals surface area contributed by atoms with Crippen LogP contribution in [-0.4, -0.2) is 4.90 Å². The fourth-order valence-corrected chi connectivity index (χ4v) is 10.6. The van der Waals surface area contributed by atoms with Gasteiger partial charge in [-0.3, -0.25) is 0 Å². The summed E-state index contributed by atoms with van der Waals surface area (Å²) in [6, 6.07) is 48.0. The minimum atomic E-state index is -0.208. The molecule has 0 aromatic heterocycles. The molecule has 0 spiro atoms. The van der Waals surface area contributed by atoms with Crippen molar-refractivity contribution >= 4 is 38.3 Å². The largest absolute Gasteiger partial charge is 0.363 e. The summed E-state index contributed by atoms with van der Waals surface area (Å²) >= 11 is 0. The Morgan fingerprint density at radius 1 is 0.629 bits per heavy atom. The summed E-state index contributed by atoms with van der Waals surface area (Å²) in [5.74, 6) is 0.466. The van der Waals surface area contributed by atoms with E-state index in [0.29, 0.717) is 5.92 Å². The molecule has 0 bridgehead atoms. The number of rotatable bonds is 7. The zero-order valence-corrected chi connectivity index (χ0v) is 35.7. The van der Waals surface area contributed by atoms with Crippen LogP contribution >= 0.6 is 0 Å². The summed E-state index contributed by atoms with van der Waals surface area (Å²) in [6.07, 6.45) is 32.7. The quantitative estimate of drug-likeness (QED) is 0.162. The predicted octanol–water partition coefficient (Wildman–Crippen LogP) is 15.3. The van der Waals surface area contributed by atoms with Crippen molar-refractivity contribution < 1.29 is 0 Å². The Morgan fingerprint density at radius 2 is 1.35 bits per heavy atom. The van der Waals surface area contributed by atoms with Crippen molar-refractivity contribution in [3.63, 3.8) is 0 Å². The standard InChI is InChI=1S/C60H52N2/c1-41-30-36-50(52(39-41)43-19-7-3-8-20-43)57-48-25-15-16-26-49(48)58(54-27-17-18-38-60(54,2)46-21-9-4-10-22-46)53-40-45(35-37-51(53)57)42-31-33-44(34-32-42)59-61-55-28-13-6-14-29-56(55)62(59)47-23-11-5-12-24-47/h3-11,13-23,25-27,29,31-37,39-41,59,61H,12,24,28,30,38H2,1-2H3. The lowest BCUT2D eigenvalue weighted by Gasteiger charge is -2.36. The van der Waals surface area contributed by atoms with Gasteiger partial charge in [-0.15, -0.1) is 0 Å². The van der Waals surface area contributed by atoms with Crippen LogP contribution in [0.15, 0.2) is 217 Å². The number of hydrogen-bond acceptors (Lipinski definition) is 2. The van der Waals surface area contributed by atoms with E-state index in [9.17, 15) is 0 Å². The maximum absolute atomic E-state index is 3.93. The molecule has 0 amide bonds. The first-order valence-corrected chi connectivity index (χ1v) is 22.5. The third-order valence-electron chi connectivity index (χ3n) is 13.8. The van der Waals surface area contributed by atoms with Crippen LogP contribution in [0.3, 0.4) is 0 Å². The van der Waals surface area contributed by atoms with Crippen LogP contribution in [0, 0.1) is 5.92 Å². The van der Waals surface area contributed by atoms with Gasteiger partial charge in [0.05, 0.1) is 5.70 Å². The minimum absolute atomic E-state index is 0.0420. The molecule has 0 fully saturated rings. The average Bonchev–Trinajstić information content (AvgIpc) is 3.53. The number of nitrogens with one attached hydrogen (secondary N) is 1. The first-order chi connectivity index (χ1) is 30.5. The fraction of sp³-hybridized carbons (Fsp3) is 0.167. The first kappa shape index (κ1) is 38.1. The number of allylic oxidation sites excluding steroid dienone is 16. The molecule has 6 aromatic carbocycles. The van der Waals surface area contributed by atoms with E-state index in [4.69, 9.17) is 0 Å². The van der Waals surface area contributed by atoms with E-state index >= 15 is 0 Å². The highest BCUT2D eigenvalue weighted by Gasteiger charge is 2.36. The van der Waals surface area contributed by atoms with Gasteiger partial charge in [0.1, 0.15) is 6.17 Å². The number of fused-ring (bicyclic) bond motifs is 2. The lowest BCUT2D eigenvalue weighted by atomic mass is 9.67. The van der Waals surface area contributed by atoms with Crippen LogP contribution in [-0.2, 0) is 5.41 Å². The van der Waals surface area contributed by atoms with E-state index in [0.717, 1.165) is 32.1 Å². The van der Waals surface area contributed by atoms with Crippen molar-refractivity contribution in [2.45, 2.75) is 57.5 Å². The monoisotopic (exact) mass is 800 g/mol. The maximum Gasteiger partial charge on any atom is 0.130 e. The van der Waals surface area contributed by atoms with Gasteiger partial charge < -0.3 is 10.2 Å². The van der Waals surface area contributed by atoms with E-state index in [1.807, 2.05) is 0 Å². The van der Waals surface area contributed by atoms with Gasteiger partial charge in [-0.25, -0.2) is 0 Å². The molecule has 6 aromatic rings. The van der Waals surface area contributed by atoms with E-state index in [1.165, 1.54) is 94.3 Å². The molecule has 1 N–H and O–H groups in total. The summed E-state index contributed by atoms with van der Waals surface area (Å²) in [6.45, 7) is 4.78. The Bertz CT molecular complexity index is 3020. The third-order valence-corrected chi connectivity index (χ3v) is 13.8. The lowest BCUT2D eigenvalue weighted by molar-refractivity contribution is 0.321. The van der Waals surface area contributed by atoms with Crippen LogP contribution in [0.25, 0.3) is 49.4 Å². The number of benzene rings is 6. The van der Waals surface area contributed by atoms with Crippen molar-refractivity contribution in [2.75, 3.05) is 0 Å². The van der Waals surface area contributed by atoms with Gasteiger partial charge in [-0.05, 0) is 127 Å². The molecule has 0 saturated heterocycles. The molecule has 3 atom stereocenters.